The average Bonchev–Trinajstić information content (AvgIpc) is 3.54. The second kappa shape index (κ2) is 10.2. The number of hydrogen-bond acceptors (Lipinski definition) is 6. The predicted octanol–water partition coefficient (Wildman–Crippen LogP) is 5.70. The van der Waals surface area contributed by atoms with Crippen molar-refractivity contribution in [2.24, 2.45) is 0 Å². The molecule has 0 aliphatic carbocycles. The summed E-state index contributed by atoms with van der Waals surface area (Å²) in [4.78, 5) is 19.0. The van der Waals surface area contributed by atoms with Crippen molar-refractivity contribution >= 4 is 29.0 Å². The Morgan fingerprint density at radius 3 is 2.56 bits per heavy atom. The van der Waals surface area contributed by atoms with E-state index in [-0.39, 0.29) is 12.1 Å². The zero-order chi connectivity index (χ0) is 25.1. The SMILES string of the molecule is CCOc1ccc(N2C(=S)NC(c3ccccn3)C2c2ccc(-c3ccccc3C(=O)OC)o2)cc1. The molecule has 1 aliphatic heterocycles. The lowest BCUT2D eigenvalue weighted by atomic mass is 10.0. The van der Waals surface area contributed by atoms with Crippen LogP contribution in [0, 0.1) is 0 Å². The Hall–Kier alpha value is -4.17. The lowest BCUT2D eigenvalue weighted by Crippen LogP contribution is -2.29. The Bertz CT molecular complexity index is 1370. The summed E-state index contributed by atoms with van der Waals surface area (Å²) in [5.74, 6) is 1.61. The van der Waals surface area contributed by atoms with Gasteiger partial charge in [0, 0.05) is 17.4 Å². The second-order valence-corrected chi connectivity index (χ2v) is 8.55. The van der Waals surface area contributed by atoms with Crippen LogP contribution >= 0.6 is 12.2 Å². The molecule has 8 heteroatoms. The Morgan fingerprint density at radius 1 is 1.06 bits per heavy atom. The summed E-state index contributed by atoms with van der Waals surface area (Å²) in [6, 6.07) is 24.0. The van der Waals surface area contributed by atoms with E-state index in [9.17, 15) is 4.79 Å². The van der Waals surface area contributed by atoms with E-state index in [1.54, 1.807) is 18.3 Å². The predicted molar refractivity (Wildman–Crippen MR) is 141 cm³/mol. The zero-order valence-corrected chi connectivity index (χ0v) is 20.7. The van der Waals surface area contributed by atoms with Crippen LogP contribution in [0.3, 0.4) is 0 Å². The first-order chi connectivity index (χ1) is 17.6. The number of thiocarbonyl (C=S) groups is 1. The fourth-order valence-electron chi connectivity index (χ4n) is 4.43. The van der Waals surface area contributed by atoms with Crippen LogP contribution in [-0.2, 0) is 4.74 Å². The van der Waals surface area contributed by atoms with Crippen LogP contribution in [0.15, 0.2) is 89.5 Å². The van der Waals surface area contributed by atoms with Crippen molar-refractivity contribution in [3.63, 3.8) is 0 Å². The lowest BCUT2D eigenvalue weighted by Gasteiger charge is -2.26. The Morgan fingerprint density at radius 2 is 1.83 bits per heavy atom. The van der Waals surface area contributed by atoms with Crippen LogP contribution < -0.4 is 15.0 Å². The van der Waals surface area contributed by atoms with E-state index < -0.39 is 5.97 Å². The van der Waals surface area contributed by atoms with Crippen molar-refractivity contribution in [1.29, 1.82) is 0 Å². The highest BCUT2D eigenvalue weighted by atomic mass is 32.1. The molecule has 0 saturated carbocycles. The van der Waals surface area contributed by atoms with E-state index in [0.717, 1.165) is 17.1 Å². The second-order valence-electron chi connectivity index (χ2n) is 8.16. The highest BCUT2D eigenvalue weighted by molar-refractivity contribution is 7.80. The normalized spacial score (nSPS) is 17.1. The van der Waals surface area contributed by atoms with Crippen LogP contribution in [0.25, 0.3) is 11.3 Å². The van der Waals surface area contributed by atoms with E-state index in [1.165, 1.54) is 7.11 Å². The zero-order valence-electron chi connectivity index (χ0n) is 19.9. The van der Waals surface area contributed by atoms with E-state index in [0.29, 0.717) is 34.4 Å². The number of carbonyl (C=O) groups is 1. The molecule has 2 unspecified atom stereocenters. The Balaban J connectivity index is 1.58. The number of hydrogen-bond donors (Lipinski definition) is 1. The van der Waals surface area contributed by atoms with Crippen LogP contribution in [0.1, 0.15) is 40.8 Å². The maximum atomic E-state index is 12.3. The summed E-state index contributed by atoms with van der Waals surface area (Å²) in [7, 11) is 1.37. The molecule has 3 heterocycles. The molecule has 0 radical (unpaired) electrons. The number of nitrogens with zero attached hydrogens (tertiary/aromatic N) is 2. The molecule has 1 fully saturated rings. The van der Waals surface area contributed by atoms with Gasteiger partial charge in [-0.15, -0.1) is 0 Å². The summed E-state index contributed by atoms with van der Waals surface area (Å²) in [6.07, 6.45) is 1.76. The molecule has 4 aromatic rings. The molecule has 2 aromatic heterocycles. The van der Waals surface area contributed by atoms with Crippen molar-refractivity contribution in [3.8, 4) is 17.1 Å². The van der Waals surface area contributed by atoms with Crippen LogP contribution in [0.4, 0.5) is 5.69 Å². The van der Waals surface area contributed by atoms with Gasteiger partial charge in [-0.2, -0.15) is 0 Å². The molecule has 0 spiro atoms. The van der Waals surface area contributed by atoms with Gasteiger partial charge in [0.2, 0.25) is 0 Å². The number of furan rings is 1. The highest BCUT2D eigenvalue weighted by Gasteiger charge is 2.42. The molecule has 2 atom stereocenters. The molecule has 5 rings (SSSR count). The maximum absolute atomic E-state index is 12.3. The molecule has 1 N–H and O–H groups in total. The van der Waals surface area contributed by atoms with Crippen molar-refractivity contribution in [2.75, 3.05) is 18.6 Å². The van der Waals surface area contributed by atoms with Gasteiger partial charge in [0.25, 0.3) is 0 Å². The minimum atomic E-state index is -0.422. The Labute approximate surface area is 214 Å². The van der Waals surface area contributed by atoms with Crippen molar-refractivity contribution < 1.29 is 18.7 Å². The summed E-state index contributed by atoms with van der Waals surface area (Å²) in [5.41, 5.74) is 2.83. The topological polar surface area (TPSA) is 76.8 Å². The van der Waals surface area contributed by atoms with Gasteiger partial charge >= 0.3 is 5.97 Å². The Kier molecular flexibility index (Phi) is 6.69. The van der Waals surface area contributed by atoms with Crippen molar-refractivity contribution in [3.05, 3.63) is 102 Å². The minimum Gasteiger partial charge on any atom is -0.494 e. The van der Waals surface area contributed by atoms with Gasteiger partial charge in [-0.25, -0.2) is 4.79 Å². The van der Waals surface area contributed by atoms with E-state index >= 15 is 0 Å². The van der Waals surface area contributed by atoms with Crippen molar-refractivity contribution in [2.45, 2.75) is 19.0 Å². The number of benzene rings is 2. The average molecular weight is 500 g/mol. The van der Waals surface area contributed by atoms with Gasteiger partial charge in [0.15, 0.2) is 5.11 Å². The molecule has 36 heavy (non-hydrogen) atoms. The van der Waals surface area contributed by atoms with E-state index in [2.05, 4.69) is 10.3 Å². The third-order valence-electron chi connectivity index (χ3n) is 6.04. The van der Waals surface area contributed by atoms with E-state index in [1.807, 2.05) is 78.6 Å². The highest BCUT2D eigenvalue weighted by Crippen LogP contribution is 2.43. The molecule has 182 valence electrons. The molecular weight excluding hydrogens is 474 g/mol. The third-order valence-corrected chi connectivity index (χ3v) is 6.35. The number of esters is 1. The molecule has 7 nitrogen and oxygen atoms in total. The fourth-order valence-corrected chi connectivity index (χ4v) is 4.78. The smallest absolute Gasteiger partial charge is 0.338 e. The number of pyridine rings is 1. The van der Waals surface area contributed by atoms with Gasteiger partial charge < -0.3 is 24.1 Å². The number of carbonyl (C=O) groups excluding carboxylic acids is 1. The van der Waals surface area contributed by atoms with Gasteiger partial charge in [0.05, 0.1) is 31.0 Å². The molecular formula is C28H25N3O4S. The molecule has 0 bridgehead atoms. The monoisotopic (exact) mass is 499 g/mol. The molecule has 1 aliphatic rings. The lowest BCUT2D eigenvalue weighted by molar-refractivity contribution is 0.0601. The molecule has 2 aromatic carbocycles. The van der Waals surface area contributed by atoms with Crippen LogP contribution in [0.5, 0.6) is 5.75 Å². The van der Waals surface area contributed by atoms with E-state index in [4.69, 9.17) is 26.1 Å². The van der Waals surface area contributed by atoms with Gasteiger partial charge in [-0.05, 0) is 73.7 Å². The first-order valence-electron chi connectivity index (χ1n) is 11.6. The van der Waals surface area contributed by atoms with Crippen molar-refractivity contribution in [1.82, 2.24) is 10.3 Å². The summed E-state index contributed by atoms with van der Waals surface area (Å²) in [5, 5.41) is 3.99. The van der Waals surface area contributed by atoms with Crippen LogP contribution in [0.2, 0.25) is 0 Å². The number of methoxy groups -OCH3 is 1. The summed E-state index contributed by atoms with van der Waals surface area (Å²) in [6.45, 7) is 2.55. The van der Waals surface area contributed by atoms with Crippen LogP contribution in [-0.4, -0.2) is 29.8 Å². The quantitative estimate of drug-likeness (QED) is 0.256. The largest absolute Gasteiger partial charge is 0.494 e. The van der Waals surface area contributed by atoms with Gasteiger partial charge in [-0.1, -0.05) is 24.3 Å². The number of nitrogens with one attached hydrogen (secondary N) is 1. The summed E-state index contributed by atoms with van der Waals surface area (Å²) < 4.78 is 17.0. The third kappa shape index (κ3) is 4.43. The number of aromatic nitrogens is 1. The number of anilines is 1. The molecule has 1 saturated heterocycles. The molecule has 0 amide bonds. The minimum absolute atomic E-state index is 0.250. The number of ether oxygens (including phenoxy) is 2. The number of rotatable bonds is 7. The van der Waals surface area contributed by atoms with Gasteiger partial charge in [0.1, 0.15) is 23.3 Å². The van der Waals surface area contributed by atoms with Gasteiger partial charge in [-0.3, -0.25) is 4.98 Å². The first kappa shape index (κ1) is 23.6. The first-order valence-corrected chi connectivity index (χ1v) is 12.0. The standard InChI is InChI=1S/C28H25N3O4S/c1-3-34-19-13-11-18(12-14-19)31-26(25(30-28(31)36)22-10-6-7-17-29-22)24-16-15-23(35-24)20-8-4-5-9-21(20)27(32)33-2/h4-17,25-26H,3H2,1-2H3,(H,30,36). The fraction of sp³-hybridized carbons (Fsp3) is 0.179. The maximum Gasteiger partial charge on any atom is 0.338 e. The summed E-state index contributed by atoms with van der Waals surface area (Å²) >= 11 is 5.78.